The molecule has 3 aromatic rings. The summed E-state index contributed by atoms with van der Waals surface area (Å²) in [6.07, 6.45) is 0.903. The number of carbonyl (C=O) groups is 1. The Balaban J connectivity index is 1.34. The van der Waals surface area contributed by atoms with Gasteiger partial charge in [0.2, 0.25) is 0 Å². The Kier molecular flexibility index (Phi) is 7.85. The summed E-state index contributed by atoms with van der Waals surface area (Å²) in [5.41, 5.74) is 2.97. The summed E-state index contributed by atoms with van der Waals surface area (Å²) in [7, 11) is 3.16. The van der Waals surface area contributed by atoms with Crippen LogP contribution in [0.5, 0.6) is 17.2 Å². The molecule has 6 nitrogen and oxygen atoms in total. The maximum atomic E-state index is 13.1. The van der Waals surface area contributed by atoms with Crippen LogP contribution in [0.4, 0.5) is 5.69 Å². The van der Waals surface area contributed by atoms with E-state index < -0.39 is 0 Å². The van der Waals surface area contributed by atoms with Crippen molar-refractivity contribution in [3.8, 4) is 17.2 Å². The number of amides is 1. The lowest BCUT2D eigenvalue weighted by Gasteiger charge is -2.24. The van der Waals surface area contributed by atoms with Crippen molar-refractivity contribution in [1.82, 2.24) is 4.90 Å². The van der Waals surface area contributed by atoms with Gasteiger partial charge in [0.15, 0.2) is 11.5 Å². The molecule has 178 valence electrons. The maximum absolute atomic E-state index is 13.1. The Morgan fingerprint density at radius 3 is 2.26 bits per heavy atom. The van der Waals surface area contributed by atoms with Crippen LogP contribution in [-0.4, -0.2) is 51.2 Å². The third-order valence-corrected chi connectivity index (χ3v) is 6.61. The Morgan fingerprint density at radius 1 is 0.824 bits per heavy atom. The molecule has 0 unspecified atom stereocenters. The van der Waals surface area contributed by atoms with Crippen LogP contribution in [0.15, 0.2) is 71.6 Å². The summed E-state index contributed by atoms with van der Waals surface area (Å²) in [5, 5.41) is 0. The van der Waals surface area contributed by atoms with E-state index in [0.29, 0.717) is 23.6 Å². The predicted molar refractivity (Wildman–Crippen MR) is 136 cm³/mol. The second kappa shape index (κ2) is 11.2. The first-order valence-corrected chi connectivity index (χ1v) is 12.1. The van der Waals surface area contributed by atoms with E-state index in [0.717, 1.165) is 42.4 Å². The lowest BCUT2D eigenvalue weighted by Crippen LogP contribution is -2.35. The highest BCUT2D eigenvalue weighted by Crippen LogP contribution is 2.29. The fraction of sp³-hybridized carbons (Fsp3) is 0.296. The van der Waals surface area contributed by atoms with E-state index in [1.54, 1.807) is 32.4 Å². The molecule has 1 aliphatic rings. The second-order valence-corrected chi connectivity index (χ2v) is 8.98. The molecule has 0 radical (unpaired) electrons. The molecule has 0 bridgehead atoms. The first kappa shape index (κ1) is 23.8. The fourth-order valence-electron chi connectivity index (χ4n) is 3.93. The van der Waals surface area contributed by atoms with Crippen LogP contribution in [0, 0.1) is 6.92 Å². The van der Waals surface area contributed by atoms with E-state index >= 15 is 0 Å². The number of benzene rings is 3. The van der Waals surface area contributed by atoms with Gasteiger partial charge >= 0.3 is 0 Å². The van der Waals surface area contributed by atoms with Gasteiger partial charge in [-0.3, -0.25) is 4.79 Å². The molecule has 7 heteroatoms. The number of ether oxygens (including phenoxy) is 2. The molecule has 0 saturated carbocycles. The molecule has 1 aliphatic heterocycles. The predicted octanol–water partition coefficient (Wildman–Crippen LogP) is 5.45. The number of aryl methyl sites for hydroxylation is 1. The summed E-state index contributed by atoms with van der Waals surface area (Å²) in [5.74, 6) is 2.01. The quantitative estimate of drug-likeness (QED) is 0.421. The zero-order valence-electron chi connectivity index (χ0n) is 19.8. The smallest absolute Gasteiger partial charge is 0.254 e. The van der Waals surface area contributed by atoms with Crippen LogP contribution in [0.25, 0.3) is 0 Å². The minimum Gasteiger partial charge on any atom is -0.493 e. The molecule has 1 fully saturated rings. The molecule has 4 rings (SSSR count). The minimum atomic E-state index is 0.0136. The molecule has 0 aliphatic carbocycles. The van der Waals surface area contributed by atoms with Crippen molar-refractivity contribution in [2.45, 2.75) is 18.2 Å². The molecular formula is C27H30N2O4S. The standard InChI is InChI=1S/C27H30N2O4S/c1-20-5-12-24(13-6-20)34-33-23-10-8-22(9-11-23)28-15-4-16-29(18-17-28)27(30)21-7-14-25(31-2)26(19-21)32-3/h5-14,19H,4,15-18H2,1-3H3. The molecule has 34 heavy (non-hydrogen) atoms. The van der Waals surface area contributed by atoms with Gasteiger partial charge in [-0.2, -0.15) is 0 Å². The highest BCUT2D eigenvalue weighted by atomic mass is 32.2. The Labute approximate surface area is 205 Å². The summed E-state index contributed by atoms with van der Waals surface area (Å²) < 4.78 is 16.5. The van der Waals surface area contributed by atoms with Crippen molar-refractivity contribution >= 4 is 23.6 Å². The third-order valence-electron chi connectivity index (χ3n) is 5.87. The van der Waals surface area contributed by atoms with Gasteiger partial charge in [-0.1, -0.05) is 17.7 Å². The molecule has 0 atom stereocenters. The van der Waals surface area contributed by atoms with E-state index in [2.05, 4.69) is 48.2 Å². The Bertz CT molecular complexity index is 1100. The molecular weight excluding hydrogens is 448 g/mol. The van der Waals surface area contributed by atoms with Crippen LogP contribution in [0.3, 0.4) is 0 Å². The molecule has 0 N–H and O–H groups in total. The van der Waals surface area contributed by atoms with Crippen LogP contribution in [-0.2, 0) is 0 Å². The largest absolute Gasteiger partial charge is 0.493 e. The number of carbonyl (C=O) groups excluding carboxylic acids is 1. The first-order valence-electron chi connectivity index (χ1n) is 11.3. The van der Waals surface area contributed by atoms with Crippen LogP contribution in [0.1, 0.15) is 22.3 Å². The van der Waals surface area contributed by atoms with E-state index in [1.807, 2.05) is 17.0 Å². The Morgan fingerprint density at radius 2 is 1.56 bits per heavy atom. The third kappa shape index (κ3) is 5.78. The van der Waals surface area contributed by atoms with Crippen molar-refractivity contribution in [3.63, 3.8) is 0 Å². The van der Waals surface area contributed by atoms with E-state index in [4.69, 9.17) is 13.7 Å². The van der Waals surface area contributed by atoms with Gasteiger partial charge in [0.05, 0.1) is 26.3 Å². The zero-order chi connectivity index (χ0) is 23.9. The van der Waals surface area contributed by atoms with Gasteiger partial charge in [-0.15, -0.1) is 0 Å². The van der Waals surface area contributed by atoms with Gasteiger partial charge in [0.25, 0.3) is 5.91 Å². The number of anilines is 1. The SMILES string of the molecule is COc1ccc(C(=O)N2CCCN(c3ccc(OSc4ccc(C)cc4)cc3)CC2)cc1OC. The summed E-state index contributed by atoms with van der Waals surface area (Å²) in [6, 6.07) is 21.7. The van der Waals surface area contributed by atoms with Crippen molar-refractivity contribution in [2.75, 3.05) is 45.3 Å². The number of hydrogen-bond donors (Lipinski definition) is 0. The van der Waals surface area contributed by atoms with Crippen LogP contribution < -0.4 is 18.6 Å². The highest BCUT2D eigenvalue weighted by Gasteiger charge is 2.21. The lowest BCUT2D eigenvalue weighted by molar-refractivity contribution is 0.0766. The van der Waals surface area contributed by atoms with Gasteiger partial charge in [0.1, 0.15) is 5.75 Å². The van der Waals surface area contributed by atoms with Crippen molar-refractivity contribution in [1.29, 1.82) is 0 Å². The van der Waals surface area contributed by atoms with Gasteiger partial charge in [-0.05, 0) is 67.9 Å². The van der Waals surface area contributed by atoms with E-state index in [1.165, 1.54) is 17.6 Å². The summed E-state index contributed by atoms with van der Waals surface area (Å²) >= 11 is 1.36. The van der Waals surface area contributed by atoms with Crippen molar-refractivity contribution in [3.05, 3.63) is 77.9 Å². The second-order valence-electron chi connectivity index (χ2n) is 8.18. The van der Waals surface area contributed by atoms with Crippen LogP contribution >= 0.6 is 12.0 Å². The van der Waals surface area contributed by atoms with Gasteiger partial charge in [-0.25, -0.2) is 0 Å². The topological polar surface area (TPSA) is 51.2 Å². The molecule has 0 aromatic heterocycles. The summed E-state index contributed by atoms with van der Waals surface area (Å²) in [6.45, 7) is 5.13. The number of rotatable bonds is 7. The van der Waals surface area contributed by atoms with Crippen LogP contribution in [0.2, 0.25) is 0 Å². The molecule has 3 aromatic carbocycles. The Hall–Kier alpha value is -3.32. The minimum absolute atomic E-state index is 0.0136. The maximum Gasteiger partial charge on any atom is 0.254 e. The van der Waals surface area contributed by atoms with Gasteiger partial charge < -0.3 is 23.5 Å². The number of nitrogens with zero attached hydrogens (tertiary/aromatic N) is 2. The highest BCUT2D eigenvalue weighted by molar-refractivity contribution is 7.95. The van der Waals surface area contributed by atoms with E-state index in [-0.39, 0.29) is 5.91 Å². The summed E-state index contributed by atoms with van der Waals surface area (Å²) in [4.78, 5) is 18.4. The molecule has 1 saturated heterocycles. The van der Waals surface area contributed by atoms with Crippen molar-refractivity contribution < 1.29 is 18.5 Å². The molecule has 1 amide bonds. The fourth-order valence-corrected chi connectivity index (χ4v) is 4.48. The number of methoxy groups -OCH3 is 2. The van der Waals surface area contributed by atoms with Crippen molar-refractivity contribution in [2.24, 2.45) is 0 Å². The monoisotopic (exact) mass is 478 g/mol. The molecule has 0 spiro atoms. The normalized spacial score (nSPS) is 13.9. The first-order chi connectivity index (χ1) is 16.6. The zero-order valence-corrected chi connectivity index (χ0v) is 20.6. The number of hydrogen-bond acceptors (Lipinski definition) is 6. The van der Waals surface area contributed by atoms with Gasteiger partial charge in [0, 0.05) is 42.3 Å². The van der Waals surface area contributed by atoms with E-state index in [9.17, 15) is 4.79 Å². The molecule has 1 heterocycles. The average molecular weight is 479 g/mol. The average Bonchev–Trinajstić information content (AvgIpc) is 3.14. The lowest BCUT2D eigenvalue weighted by atomic mass is 10.1.